The molecule has 4 nitrogen and oxygen atoms in total. The minimum atomic E-state index is -1.05. The summed E-state index contributed by atoms with van der Waals surface area (Å²) in [5, 5.41) is 11.5. The van der Waals surface area contributed by atoms with E-state index in [1.807, 2.05) is 0 Å². The molecule has 1 atom stereocenters. The van der Waals surface area contributed by atoms with Crippen LogP contribution in [0.2, 0.25) is 10.0 Å². The van der Waals surface area contributed by atoms with Crippen LogP contribution in [0.5, 0.6) is 0 Å². The number of aliphatic carboxylic acids is 1. The Morgan fingerprint density at radius 1 is 1.12 bits per heavy atom. The number of aromatic amines is 1. The first-order valence-electron chi connectivity index (χ1n) is 7.65. The van der Waals surface area contributed by atoms with E-state index in [4.69, 9.17) is 23.2 Å². The number of aryl methyl sites for hydroxylation is 1. The summed E-state index contributed by atoms with van der Waals surface area (Å²) in [5.74, 6) is -2.22. The first-order valence-corrected chi connectivity index (χ1v) is 8.41. The highest BCUT2D eigenvalue weighted by molar-refractivity contribution is 6.31. The average molecular weight is 376 g/mol. The third-order valence-electron chi connectivity index (χ3n) is 4.23. The Balaban J connectivity index is 1.96. The van der Waals surface area contributed by atoms with Gasteiger partial charge in [-0.1, -0.05) is 29.3 Å². The van der Waals surface area contributed by atoms with E-state index in [1.165, 1.54) is 0 Å². The lowest BCUT2D eigenvalue weighted by Crippen LogP contribution is -2.16. The molecule has 1 unspecified atom stereocenters. The Labute approximate surface area is 154 Å². The highest BCUT2D eigenvalue weighted by Gasteiger charge is 2.27. The number of carbonyl (C=O) groups excluding carboxylic acids is 1. The molecule has 0 bridgehead atoms. The van der Waals surface area contributed by atoms with Crippen LogP contribution in [0, 0.1) is 6.92 Å². The molecule has 6 heteroatoms. The molecule has 0 saturated heterocycles. The molecule has 2 N–H and O–H groups in total. The van der Waals surface area contributed by atoms with E-state index in [9.17, 15) is 14.7 Å². The number of carboxylic acids is 1. The zero-order valence-electron chi connectivity index (χ0n) is 13.3. The second-order valence-electron chi connectivity index (χ2n) is 5.91. The predicted octanol–water partition coefficient (Wildman–Crippen LogP) is 5.22. The molecule has 1 aromatic heterocycles. The van der Waals surface area contributed by atoms with Crippen LogP contribution in [0.3, 0.4) is 0 Å². The number of hydrogen-bond donors (Lipinski definition) is 2. The number of hydrogen-bond acceptors (Lipinski definition) is 2. The van der Waals surface area contributed by atoms with Crippen LogP contribution < -0.4 is 0 Å². The van der Waals surface area contributed by atoms with Crippen LogP contribution in [0.15, 0.2) is 42.6 Å². The molecule has 0 spiro atoms. The van der Waals surface area contributed by atoms with Crippen LogP contribution in [-0.2, 0) is 4.79 Å². The Hall–Kier alpha value is -2.30. The lowest BCUT2D eigenvalue weighted by atomic mass is 9.90. The molecule has 0 aliphatic carbocycles. The van der Waals surface area contributed by atoms with Gasteiger partial charge in [-0.15, -0.1) is 0 Å². The van der Waals surface area contributed by atoms with Gasteiger partial charge in [0.05, 0.1) is 5.92 Å². The number of rotatable bonds is 5. The maximum absolute atomic E-state index is 12.6. The lowest BCUT2D eigenvalue weighted by Gasteiger charge is -2.12. The van der Waals surface area contributed by atoms with E-state index in [2.05, 4.69) is 4.98 Å². The van der Waals surface area contributed by atoms with Gasteiger partial charge in [0.15, 0.2) is 5.78 Å². The molecule has 0 radical (unpaired) electrons. The summed E-state index contributed by atoms with van der Waals surface area (Å²) >= 11 is 11.9. The summed E-state index contributed by atoms with van der Waals surface area (Å²) in [7, 11) is 0. The standard InChI is InChI=1S/C19H15Cl2NO3/c1-10-6-11(20)2-4-13(10)18(23)8-15(19(24)25)16-9-22-17-7-12(21)3-5-14(16)17/h2-7,9,15,22H,8H2,1H3,(H,24,25). The Bertz CT molecular complexity index is 978. The van der Waals surface area contributed by atoms with Crippen molar-refractivity contribution in [1.29, 1.82) is 0 Å². The summed E-state index contributed by atoms with van der Waals surface area (Å²) in [6, 6.07) is 10.1. The monoisotopic (exact) mass is 375 g/mol. The van der Waals surface area contributed by atoms with Crippen molar-refractivity contribution in [3.8, 4) is 0 Å². The number of benzene rings is 2. The van der Waals surface area contributed by atoms with Gasteiger partial charge in [-0.25, -0.2) is 0 Å². The maximum Gasteiger partial charge on any atom is 0.311 e. The smallest absolute Gasteiger partial charge is 0.311 e. The van der Waals surface area contributed by atoms with E-state index >= 15 is 0 Å². The first-order chi connectivity index (χ1) is 11.9. The van der Waals surface area contributed by atoms with Crippen LogP contribution >= 0.6 is 23.2 Å². The molecular formula is C19H15Cl2NO3. The summed E-state index contributed by atoms with van der Waals surface area (Å²) in [6.07, 6.45) is 1.50. The molecule has 25 heavy (non-hydrogen) atoms. The minimum Gasteiger partial charge on any atom is -0.481 e. The molecule has 0 amide bonds. The van der Waals surface area contributed by atoms with E-state index in [-0.39, 0.29) is 12.2 Å². The summed E-state index contributed by atoms with van der Waals surface area (Å²) < 4.78 is 0. The third kappa shape index (κ3) is 3.55. The number of nitrogens with one attached hydrogen (secondary N) is 1. The van der Waals surface area contributed by atoms with Crippen LogP contribution in [0.25, 0.3) is 10.9 Å². The highest BCUT2D eigenvalue weighted by atomic mass is 35.5. The molecule has 3 rings (SSSR count). The molecule has 1 heterocycles. The summed E-state index contributed by atoms with van der Waals surface area (Å²) in [6.45, 7) is 1.78. The summed E-state index contributed by atoms with van der Waals surface area (Å²) in [5.41, 5.74) is 2.52. The first kappa shape index (κ1) is 17.5. The van der Waals surface area contributed by atoms with E-state index in [1.54, 1.807) is 49.5 Å². The number of aromatic nitrogens is 1. The quantitative estimate of drug-likeness (QED) is 0.600. The number of fused-ring (bicyclic) bond motifs is 1. The fraction of sp³-hybridized carbons (Fsp3) is 0.158. The van der Waals surface area contributed by atoms with E-state index in [0.29, 0.717) is 21.2 Å². The molecule has 0 aliphatic rings. The maximum atomic E-state index is 12.6. The zero-order chi connectivity index (χ0) is 18.1. The molecule has 0 saturated carbocycles. The fourth-order valence-electron chi connectivity index (χ4n) is 2.97. The minimum absolute atomic E-state index is 0.132. The van der Waals surface area contributed by atoms with Gasteiger partial charge in [0.2, 0.25) is 0 Å². The second-order valence-corrected chi connectivity index (χ2v) is 6.78. The van der Waals surface area contributed by atoms with Crippen molar-refractivity contribution >= 4 is 45.9 Å². The summed E-state index contributed by atoms with van der Waals surface area (Å²) in [4.78, 5) is 27.5. The van der Waals surface area contributed by atoms with Crippen molar-refractivity contribution in [2.45, 2.75) is 19.3 Å². The van der Waals surface area contributed by atoms with Gasteiger partial charge in [-0.3, -0.25) is 9.59 Å². The normalized spacial score (nSPS) is 12.3. The number of H-pyrrole nitrogens is 1. The van der Waals surface area contributed by atoms with Gasteiger partial charge in [0.1, 0.15) is 0 Å². The topological polar surface area (TPSA) is 70.2 Å². The van der Waals surface area contributed by atoms with E-state index in [0.717, 1.165) is 16.5 Å². The largest absolute Gasteiger partial charge is 0.481 e. The Morgan fingerprint density at radius 2 is 1.80 bits per heavy atom. The number of Topliss-reactive ketones (excluding diaryl/α,β-unsaturated/α-hetero) is 1. The van der Waals surface area contributed by atoms with Gasteiger partial charge in [0.25, 0.3) is 0 Å². The molecular weight excluding hydrogens is 361 g/mol. The number of ketones is 1. The number of halogens is 2. The predicted molar refractivity (Wildman–Crippen MR) is 98.8 cm³/mol. The van der Waals surface area contributed by atoms with Crippen LogP contribution in [0.4, 0.5) is 0 Å². The molecule has 0 aliphatic heterocycles. The molecule has 128 valence electrons. The average Bonchev–Trinajstić information content (AvgIpc) is 2.94. The fourth-order valence-corrected chi connectivity index (χ4v) is 3.37. The third-order valence-corrected chi connectivity index (χ3v) is 4.70. The van der Waals surface area contributed by atoms with Gasteiger partial charge in [-0.2, -0.15) is 0 Å². The molecule has 0 fully saturated rings. The Kier molecular flexibility index (Phi) is 4.84. The molecule has 3 aromatic rings. The SMILES string of the molecule is Cc1cc(Cl)ccc1C(=O)CC(C(=O)O)c1c[nH]c2cc(Cl)ccc12. The van der Waals surface area contributed by atoms with Crippen molar-refractivity contribution in [3.05, 3.63) is 69.3 Å². The highest BCUT2D eigenvalue weighted by Crippen LogP contribution is 2.31. The second kappa shape index (κ2) is 6.90. The number of carboxylic acid groups (broad SMARTS) is 1. The van der Waals surface area contributed by atoms with Crippen molar-refractivity contribution in [2.75, 3.05) is 0 Å². The van der Waals surface area contributed by atoms with Crippen molar-refractivity contribution in [3.63, 3.8) is 0 Å². The van der Waals surface area contributed by atoms with E-state index < -0.39 is 11.9 Å². The van der Waals surface area contributed by atoms with Crippen LogP contribution in [-0.4, -0.2) is 21.8 Å². The lowest BCUT2D eigenvalue weighted by molar-refractivity contribution is -0.138. The van der Waals surface area contributed by atoms with Crippen molar-refractivity contribution < 1.29 is 14.7 Å². The molecule has 2 aromatic carbocycles. The van der Waals surface area contributed by atoms with Gasteiger partial charge >= 0.3 is 5.97 Å². The van der Waals surface area contributed by atoms with Crippen molar-refractivity contribution in [1.82, 2.24) is 4.98 Å². The van der Waals surface area contributed by atoms with Crippen molar-refractivity contribution in [2.24, 2.45) is 0 Å². The van der Waals surface area contributed by atoms with Gasteiger partial charge in [-0.05, 0) is 48.4 Å². The van der Waals surface area contributed by atoms with Crippen LogP contribution in [0.1, 0.15) is 33.8 Å². The van der Waals surface area contributed by atoms with Gasteiger partial charge in [0, 0.05) is 39.1 Å². The van der Waals surface area contributed by atoms with Gasteiger partial charge < -0.3 is 10.1 Å². The Morgan fingerprint density at radius 3 is 2.48 bits per heavy atom. The zero-order valence-corrected chi connectivity index (χ0v) is 14.9. The number of carbonyl (C=O) groups is 2.